The molecule has 27 heavy (non-hydrogen) atoms. The third-order valence-corrected chi connectivity index (χ3v) is 5.11. The molecule has 1 aromatic rings. The van der Waals surface area contributed by atoms with Crippen molar-refractivity contribution in [3.8, 4) is 17.2 Å². The van der Waals surface area contributed by atoms with E-state index in [-0.39, 0.29) is 29.7 Å². The number of aromatic hydroxyl groups is 1. The summed E-state index contributed by atoms with van der Waals surface area (Å²) in [5, 5.41) is 16.9. The summed E-state index contributed by atoms with van der Waals surface area (Å²) in [5.41, 5.74) is 0.950. The zero-order valence-electron chi connectivity index (χ0n) is 16.9. The lowest BCUT2D eigenvalue weighted by Crippen LogP contribution is -2.44. The van der Waals surface area contributed by atoms with Crippen molar-refractivity contribution in [2.75, 3.05) is 21.3 Å². The van der Waals surface area contributed by atoms with Crippen molar-refractivity contribution in [3.05, 3.63) is 17.7 Å². The number of benzene rings is 1. The van der Waals surface area contributed by atoms with Crippen LogP contribution in [0.1, 0.15) is 51.0 Å². The van der Waals surface area contributed by atoms with E-state index in [1.54, 1.807) is 19.2 Å². The predicted molar refractivity (Wildman–Crippen MR) is 121 cm³/mol. The number of guanidine groups is 1. The van der Waals surface area contributed by atoms with Crippen LogP contribution < -0.4 is 20.1 Å². The van der Waals surface area contributed by atoms with Gasteiger partial charge in [0.05, 0.1) is 14.2 Å². The fourth-order valence-corrected chi connectivity index (χ4v) is 3.63. The van der Waals surface area contributed by atoms with Crippen LogP contribution in [0.3, 0.4) is 0 Å². The Labute approximate surface area is 180 Å². The zero-order chi connectivity index (χ0) is 18.9. The van der Waals surface area contributed by atoms with Crippen molar-refractivity contribution < 1.29 is 14.6 Å². The molecule has 0 spiro atoms. The van der Waals surface area contributed by atoms with Crippen molar-refractivity contribution in [1.82, 2.24) is 10.6 Å². The second kappa shape index (κ2) is 12.2. The van der Waals surface area contributed by atoms with Gasteiger partial charge in [-0.3, -0.25) is 4.99 Å². The Bertz CT molecular complexity index is 577. The SMILES string of the molecule is CCCC1CCC(NC(=NC)NCc2cc(OC)c(O)c(OC)c2)CC1.I. The van der Waals surface area contributed by atoms with Crippen LogP contribution in [-0.4, -0.2) is 38.4 Å². The number of nitrogens with one attached hydrogen (secondary N) is 2. The van der Waals surface area contributed by atoms with Gasteiger partial charge in [-0.1, -0.05) is 19.8 Å². The Balaban J connectivity index is 0.00000364. The summed E-state index contributed by atoms with van der Waals surface area (Å²) in [6.45, 7) is 2.83. The minimum Gasteiger partial charge on any atom is -0.502 e. The number of hydrogen-bond acceptors (Lipinski definition) is 4. The lowest BCUT2D eigenvalue weighted by atomic mass is 9.83. The van der Waals surface area contributed by atoms with E-state index >= 15 is 0 Å². The van der Waals surface area contributed by atoms with E-state index < -0.39 is 0 Å². The smallest absolute Gasteiger partial charge is 0.200 e. The van der Waals surface area contributed by atoms with Crippen molar-refractivity contribution in [2.45, 2.75) is 58.0 Å². The molecule has 0 bridgehead atoms. The van der Waals surface area contributed by atoms with Gasteiger partial charge in [0.1, 0.15) is 0 Å². The van der Waals surface area contributed by atoms with Gasteiger partial charge in [-0.15, -0.1) is 24.0 Å². The summed E-state index contributed by atoms with van der Waals surface area (Å²) in [7, 11) is 4.85. The molecule has 0 atom stereocenters. The van der Waals surface area contributed by atoms with E-state index in [1.165, 1.54) is 52.7 Å². The van der Waals surface area contributed by atoms with Gasteiger partial charge in [0.15, 0.2) is 17.5 Å². The minimum atomic E-state index is 0. The molecular formula is C20H34IN3O3. The van der Waals surface area contributed by atoms with Crippen molar-refractivity contribution in [1.29, 1.82) is 0 Å². The summed E-state index contributed by atoms with van der Waals surface area (Å²) in [5.74, 6) is 2.52. The van der Waals surface area contributed by atoms with Gasteiger partial charge in [-0.25, -0.2) is 0 Å². The first-order chi connectivity index (χ1) is 12.6. The first-order valence-electron chi connectivity index (χ1n) is 9.52. The Morgan fingerprint density at radius 2 is 1.74 bits per heavy atom. The van der Waals surface area contributed by atoms with Crippen LogP contribution >= 0.6 is 24.0 Å². The number of ether oxygens (including phenoxy) is 2. The first-order valence-corrected chi connectivity index (χ1v) is 9.52. The molecule has 1 aromatic carbocycles. The molecule has 6 nitrogen and oxygen atoms in total. The molecule has 1 aliphatic rings. The number of hydrogen-bond donors (Lipinski definition) is 3. The Morgan fingerprint density at radius 1 is 1.15 bits per heavy atom. The molecular weight excluding hydrogens is 457 g/mol. The molecule has 154 valence electrons. The summed E-state index contributed by atoms with van der Waals surface area (Å²) in [4.78, 5) is 4.34. The number of nitrogens with zero attached hydrogens (tertiary/aromatic N) is 1. The second-order valence-electron chi connectivity index (χ2n) is 6.93. The Hall–Kier alpha value is -1.38. The topological polar surface area (TPSA) is 75.1 Å². The molecule has 0 aromatic heterocycles. The Kier molecular flexibility index (Phi) is 10.6. The average molecular weight is 491 g/mol. The summed E-state index contributed by atoms with van der Waals surface area (Å²) < 4.78 is 10.4. The largest absolute Gasteiger partial charge is 0.502 e. The normalized spacial score (nSPS) is 19.8. The van der Waals surface area contributed by atoms with Crippen LogP contribution in [0.5, 0.6) is 17.2 Å². The van der Waals surface area contributed by atoms with Gasteiger partial charge in [-0.05, 0) is 49.3 Å². The van der Waals surface area contributed by atoms with E-state index in [0.29, 0.717) is 24.1 Å². The number of methoxy groups -OCH3 is 2. The highest BCUT2D eigenvalue weighted by Gasteiger charge is 2.21. The molecule has 0 heterocycles. The fraction of sp³-hybridized carbons (Fsp3) is 0.650. The van der Waals surface area contributed by atoms with E-state index in [1.807, 2.05) is 0 Å². The highest BCUT2D eigenvalue weighted by Crippen LogP contribution is 2.37. The van der Waals surface area contributed by atoms with Gasteiger partial charge in [0.25, 0.3) is 0 Å². The number of phenolic OH excluding ortho intramolecular Hbond substituents is 1. The van der Waals surface area contributed by atoms with Crippen molar-refractivity contribution in [2.24, 2.45) is 10.9 Å². The summed E-state index contributed by atoms with van der Waals surface area (Å²) >= 11 is 0. The Morgan fingerprint density at radius 3 is 2.22 bits per heavy atom. The maximum atomic E-state index is 10.0. The maximum Gasteiger partial charge on any atom is 0.200 e. The quantitative estimate of drug-likeness (QED) is 0.305. The average Bonchev–Trinajstić information content (AvgIpc) is 2.67. The minimum absolute atomic E-state index is 0. The van der Waals surface area contributed by atoms with Crippen LogP contribution in [0.25, 0.3) is 0 Å². The predicted octanol–water partition coefficient (Wildman–Crippen LogP) is 4.05. The van der Waals surface area contributed by atoms with E-state index in [4.69, 9.17) is 9.47 Å². The van der Waals surface area contributed by atoms with Gasteiger partial charge >= 0.3 is 0 Å². The van der Waals surface area contributed by atoms with Gasteiger partial charge in [0, 0.05) is 19.6 Å². The van der Waals surface area contributed by atoms with Crippen molar-refractivity contribution >= 4 is 29.9 Å². The number of rotatable bonds is 7. The summed E-state index contributed by atoms with van der Waals surface area (Å²) in [6, 6.07) is 4.08. The number of aliphatic imine (C=N–C) groups is 1. The highest BCUT2D eigenvalue weighted by molar-refractivity contribution is 14.0. The first kappa shape index (κ1) is 23.7. The standard InChI is InChI=1S/C20H33N3O3.HI/c1-5-6-14-7-9-16(10-8-14)23-20(21-2)22-13-15-11-17(25-3)19(24)18(12-15)26-4;/h11-12,14,16,24H,5-10,13H2,1-4H3,(H2,21,22,23);1H. The maximum absolute atomic E-state index is 10.0. The van der Waals surface area contributed by atoms with Crippen LogP contribution in [0, 0.1) is 5.92 Å². The third kappa shape index (κ3) is 6.93. The van der Waals surface area contributed by atoms with E-state index in [0.717, 1.165) is 17.4 Å². The second-order valence-corrected chi connectivity index (χ2v) is 6.93. The van der Waals surface area contributed by atoms with Crippen LogP contribution in [0.2, 0.25) is 0 Å². The molecule has 7 heteroatoms. The lowest BCUT2D eigenvalue weighted by molar-refractivity contribution is 0.295. The molecule has 0 radical (unpaired) electrons. The lowest BCUT2D eigenvalue weighted by Gasteiger charge is -2.30. The molecule has 1 fully saturated rings. The molecule has 3 N–H and O–H groups in total. The molecule has 1 aliphatic carbocycles. The van der Waals surface area contributed by atoms with E-state index in [2.05, 4.69) is 22.5 Å². The number of phenols is 1. The fourth-order valence-electron chi connectivity index (χ4n) is 3.63. The van der Waals surface area contributed by atoms with Crippen molar-refractivity contribution in [3.63, 3.8) is 0 Å². The molecule has 0 aliphatic heterocycles. The van der Waals surface area contributed by atoms with Gasteiger partial charge < -0.3 is 25.2 Å². The van der Waals surface area contributed by atoms with Gasteiger partial charge in [0.2, 0.25) is 5.75 Å². The van der Waals surface area contributed by atoms with Crippen LogP contribution in [-0.2, 0) is 6.54 Å². The van der Waals surface area contributed by atoms with Gasteiger partial charge in [-0.2, -0.15) is 0 Å². The molecule has 0 amide bonds. The monoisotopic (exact) mass is 491 g/mol. The molecule has 2 rings (SSSR count). The number of halogens is 1. The third-order valence-electron chi connectivity index (χ3n) is 5.11. The van der Waals surface area contributed by atoms with Crippen LogP contribution in [0.4, 0.5) is 0 Å². The molecule has 1 saturated carbocycles. The highest BCUT2D eigenvalue weighted by atomic mass is 127. The van der Waals surface area contributed by atoms with E-state index in [9.17, 15) is 5.11 Å². The summed E-state index contributed by atoms with van der Waals surface area (Å²) in [6.07, 6.45) is 7.64. The zero-order valence-corrected chi connectivity index (χ0v) is 19.2. The van der Waals surface area contributed by atoms with Crippen LogP contribution in [0.15, 0.2) is 17.1 Å². The molecule has 0 unspecified atom stereocenters. The molecule has 0 saturated heterocycles.